The van der Waals surface area contributed by atoms with Gasteiger partial charge in [0, 0.05) is 12.2 Å². The minimum atomic E-state index is -0.565. The minimum absolute atomic E-state index is 0.0420. The summed E-state index contributed by atoms with van der Waals surface area (Å²) in [6.45, 7) is 1.43. The average Bonchev–Trinajstić information content (AvgIpc) is 2.83. The summed E-state index contributed by atoms with van der Waals surface area (Å²) < 4.78 is 0. The van der Waals surface area contributed by atoms with Gasteiger partial charge in [0.25, 0.3) is 5.91 Å². The third kappa shape index (κ3) is 3.22. The van der Waals surface area contributed by atoms with Crippen LogP contribution < -0.4 is 16.7 Å². The highest BCUT2D eigenvalue weighted by Crippen LogP contribution is 2.14. The number of nitrogens with two attached hydrogens (primary N) is 1. The quantitative estimate of drug-likeness (QED) is 0.523. The highest BCUT2D eigenvalue weighted by atomic mass is 16.2. The van der Waals surface area contributed by atoms with E-state index in [-0.39, 0.29) is 24.2 Å². The van der Waals surface area contributed by atoms with Crippen molar-refractivity contribution in [3.8, 4) is 0 Å². The molecule has 2 amide bonds. The van der Waals surface area contributed by atoms with E-state index in [9.17, 15) is 14.4 Å². The Hall–Kier alpha value is -2.09. The van der Waals surface area contributed by atoms with Crippen LogP contribution in [0.4, 0.5) is 0 Å². The number of amides is 2. The second-order valence-corrected chi connectivity index (χ2v) is 4.54. The molecule has 1 aliphatic heterocycles. The van der Waals surface area contributed by atoms with E-state index >= 15 is 0 Å². The van der Waals surface area contributed by atoms with Crippen molar-refractivity contribution >= 4 is 11.8 Å². The number of carbonyl (C=O) groups excluding carboxylic acids is 2. The van der Waals surface area contributed by atoms with Crippen LogP contribution in [-0.4, -0.2) is 52.4 Å². The molecule has 1 aliphatic rings. The predicted molar refractivity (Wildman–Crippen MR) is 67.5 cm³/mol. The van der Waals surface area contributed by atoms with Crippen LogP contribution in [0, 0.1) is 0 Å². The summed E-state index contributed by atoms with van der Waals surface area (Å²) in [5.74, 6) is -0.950. The summed E-state index contributed by atoms with van der Waals surface area (Å²) in [4.78, 5) is 40.7. The Morgan fingerprint density at radius 1 is 1.37 bits per heavy atom. The third-order valence-electron chi connectivity index (χ3n) is 3.16. The lowest BCUT2D eigenvalue weighted by molar-refractivity contribution is -0.119. The maximum Gasteiger partial charge on any atom is 0.323 e. The number of carbonyl (C=O) groups is 2. The molecular weight excluding hydrogens is 250 g/mol. The maximum absolute atomic E-state index is 12.3. The fraction of sp³-hybridized carbons (Fsp3) is 0.545. The Morgan fingerprint density at radius 2 is 2.05 bits per heavy atom. The average molecular weight is 267 g/mol. The molecule has 0 aromatic carbocycles. The van der Waals surface area contributed by atoms with E-state index in [1.54, 1.807) is 0 Å². The van der Waals surface area contributed by atoms with Gasteiger partial charge in [0.1, 0.15) is 5.69 Å². The topological polar surface area (TPSA) is 124 Å². The normalized spacial score (nSPS) is 16.2. The first kappa shape index (κ1) is 13.3. The van der Waals surface area contributed by atoms with Gasteiger partial charge in [-0.3, -0.25) is 9.59 Å². The fourth-order valence-corrected chi connectivity index (χ4v) is 2.26. The highest BCUT2D eigenvalue weighted by Gasteiger charge is 2.28. The molecule has 8 heteroatoms. The lowest BCUT2D eigenvalue weighted by Gasteiger charge is -2.33. The molecule has 1 fully saturated rings. The number of nitrogens with zero attached hydrogens (tertiary/aromatic N) is 1. The molecule has 1 aromatic heterocycles. The molecule has 0 radical (unpaired) electrons. The van der Waals surface area contributed by atoms with Crippen molar-refractivity contribution in [1.82, 2.24) is 20.2 Å². The monoisotopic (exact) mass is 267 g/mol. The standard InChI is InChI=1S/C11H17N5O3/c12-9(17)6-16(7-1-3-13-4-2-7)10(18)8-5-14-11(19)15-8/h5,7,13H,1-4,6H2,(H2,12,17)(H2,14,15,19). The van der Waals surface area contributed by atoms with Crippen molar-refractivity contribution in [2.24, 2.45) is 5.73 Å². The van der Waals surface area contributed by atoms with Crippen molar-refractivity contribution in [2.45, 2.75) is 18.9 Å². The number of hydrogen-bond acceptors (Lipinski definition) is 4. The molecule has 0 atom stereocenters. The SMILES string of the molecule is NC(=O)CN(C(=O)c1c[nH]c(=O)[nH]1)C1CCNCC1. The van der Waals surface area contributed by atoms with E-state index in [4.69, 9.17) is 5.73 Å². The zero-order valence-electron chi connectivity index (χ0n) is 10.4. The number of imidazole rings is 1. The minimum Gasteiger partial charge on any atom is -0.368 e. The van der Waals surface area contributed by atoms with Crippen LogP contribution in [0.1, 0.15) is 23.3 Å². The van der Waals surface area contributed by atoms with E-state index < -0.39 is 11.6 Å². The molecule has 2 heterocycles. The number of nitrogens with one attached hydrogen (secondary N) is 3. The third-order valence-corrected chi connectivity index (χ3v) is 3.16. The maximum atomic E-state index is 12.3. The van der Waals surface area contributed by atoms with Crippen LogP contribution in [-0.2, 0) is 4.79 Å². The van der Waals surface area contributed by atoms with E-state index in [1.807, 2.05) is 0 Å². The molecular formula is C11H17N5O3. The number of aromatic nitrogens is 2. The number of piperidine rings is 1. The fourth-order valence-electron chi connectivity index (χ4n) is 2.26. The number of primary amides is 1. The van der Waals surface area contributed by atoms with Gasteiger partial charge >= 0.3 is 5.69 Å². The van der Waals surface area contributed by atoms with Gasteiger partial charge in [0.05, 0.1) is 6.54 Å². The van der Waals surface area contributed by atoms with Gasteiger partial charge in [-0.2, -0.15) is 0 Å². The van der Waals surface area contributed by atoms with Gasteiger partial charge in [-0.05, 0) is 25.9 Å². The number of H-pyrrole nitrogens is 2. The molecule has 1 aromatic rings. The highest BCUT2D eigenvalue weighted by molar-refractivity contribution is 5.94. The number of aromatic amines is 2. The van der Waals surface area contributed by atoms with Crippen LogP contribution in [0.25, 0.3) is 0 Å². The van der Waals surface area contributed by atoms with Crippen LogP contribution in [0.3, 0.4) is 0 Å². The molecule has 1 saturated heterocycles. The Morgan fingerprint density at radius 3 is 2.58 bits per heavy atom. The van der Waals surface area contributed by atoms with Crippen molar-refractivity contribution in [3.05, 3.63) is 22.4 Å². The lowest BCUT2D eigenvalue weighted by atomic mass is 10.0. The molecule has 19 heavy (non-hydrogen) atoms. The van der Waals surface area contributed by atoms with Crippen molar-refractivity contribution in [1.29, 1.82) is 0 Å². The summed E-state index contributed by atoms with van der Waals surface area (Å²) in [6, 6.07) is -0.0420. The second-order valence-electron chi connectivity index (χ2n) is 4.54. The first-order valence-corrected chi connectivity index (χ1v) is 6.15. The van der Waals surface area contributed by atoms with Crippen LogP contribution in [0.5, 0.6) is 0 Å². The molecule has 8 nitrogen and oxygen atoms in total. The van der Waals surface area contributed by atoms with Gasteiger partial charge in [-0.1, -0.05) is 0 Å². The van der Waals surface area contributed by atoms with E-state index in [0.717, 1.165) is 25.9 Å². The van der Waals surface area contributed by atoms with Gasteiger partial charge < -0.3 is 25.9 Å². The number of hydrogen-bond donors (Lipinski definition) is 4. The second kappa shape index (κ2) is 5.70. The Balaban J connectivity index is 2.18. The molecule has 5 N–H and O–H groups in total. The molecule has 2 rings (SSSR count). The van der Waals surface area contributed by atoms with Gasteiger partial charge in [-0.25, -0.2) is 4.79 Å². The largest absolute Gasteiger partial charge is 0.368 e. The molecule has 0 spiro atoms. The number of rotatable bonds is 4. The summed E-state index contributed by atoms with van der Waals surface area (Å²) in [6.07, 6.45) is 2.82. The van der Waals surface area contributed by atoms with E-state index in [0.29, 0.717) is 0 Å². The van der Waals surface area contributed by atoms with E-state index in [2.05, 4.69) is 15.3 Å². The molecule has 104 valence electrons. The van der Waals surface area contributed by atoms with Gasteiger partial charge in [0.15, 0.2) is 0 Å². The summed E-state index contributed by atoms with van der Waals surface area (Å²) >= 11 is 0. The zero-order valence-corrected chi connectivity index (χ0v) is 10.4. The molecule has 0 unspecified atom stereocenters. The summed E-state index contributed by atoms with van der Waals surface area (Å²) in [5.41, 5.74) is 4.89. The predicted octanol–water partition coefficient (Wildman–Crippen LogP) is -1.62. The summed E-state index contributed by atoms with van der Waals surface area (Å²) in [5, 5.41) is 3.19. The Bertz CT molecular complexity index is 514. The Kier molecular flexibility index (Phi) is 4.00. The first-order chi connectivity index (χ1) is 9.08. The van der Waals surface area contributed by atoms with Crippen LogP contribution >= 0.6 is 0 Å². The smallest absolute Gasteiger partial charge is 0.323 e. The van der Waals surface area contributed by atoms with Crippen molar-refractivity contribution in [2.75, 3.05) is 19.6 Å². The van der Waals surface area contributed by atoms with Crippen molar-refractivity contribution in [3.63, 3.8) is 0 Å². The van der Waals surface area contributed by atoms with Crippen molar-refractivity contribution < 1.29 is 9.59 Å². The van der Waals surface area contributed by atoms with Gasteiger partial charge in [-0.15, -0.1) is 0 Å². The van der Waals surface area contributed by atoms with Gasteiger partial charge in [0.2, 0.25) is 5.91 Å². The zero-order chi connectivity index (χ0) is 13.8. The van der Waals surface area contributed by atoms with E-state index in [1.165, 1.54) is 11.1 Å². The molecule has 0 saturated carbocycles. The van der Waals surface area contributed by atoms with Crippen LogP contribution in [0.2, 0.25) is 0 Å². The molecule has 0 aliphatic carbocycles. The molecule has 0 bridgehead atoms. The first-order valence-electron chi connectivity index (χ1n) is 6.15. The Labute approximate surface area is 109 Å². The summed E-state index contributed by atoms with van der Waals surface area (Å²) in [7, 11) is 0. The lowest BCUT2D eigenvalue weighted by Crippen LogP contribution is -2.49. The van der Waals surface area contributed by atoms with Crippen LogP contribution in [0.15, 0.2) is 11.0 Å².